The summed E-state index contributed by atoms with van der Waals surface area (Å²) < 4.78 is 5.65. The predicted octanol–water partition coefficient (Wildman–Crippen LogP) is 3.17. The molecule has 1 unspecified atom stereocenters. The fourth-order valence-corrected chi connectivity index (χ4v) is 3.69. The number of hydrogen-bond donors (Lipinski definition) is 1. The highest BCUT2D eigenvalue weighted by Gasteiger charge is 2.35. The first-order chi connectivity index (χ1) is 8.74. The van der Waals surface area contributed by atoms with Crippen molar-refractivity contribution in [3.8, 4) is 5.75 Å². The molecule has 0 spiro atoms. The van der Waals surface area contributed by atoms with Gasteiger partial charge in [0, 0.05) is 11.1 Å². The third-order valence-corrected chi connectivity index (χ3v) is 4.63. The summed E-state index contributed by atoms with van der Waals surface area (Å²) in [5, 5.41) is 3.69. The second-order valence-corrected chi connectivity index (χ2v) is 5.85. The Balaban J connectivity index is 2.15. The van der Waals surface area contributed by atoms with E-state index in [4.69, 9.17) is 4.74 Å². The first kappa shape index (κ1) is 12.0. The number of rotatable bonds is 2. The van der Waals surface area contributed by atoms with Gasteiger partial charge in [-0.25, -0.2) is 0 Å². The van der Waals surface area contributed by atoms with E-state index in [1.165, 1.54) is 44.1 Å². The van der Waals surface area contributed by atoms with Gasteiger partial charge in [0.15, 0.2) is 0 Å². The third-order valence-electron chi connectivity index (χ3n) is 4.63. The van der Waals surface area contributed by atoms with Crippen molar-refractivity contribution in [2.24, 2.45) is 0 Å². The molecule has 1 aliphatic carbocycles. The SMILES string of the molecule is COc1ccc2c(c1C1(C)CCCN1)CCCC2. The van der Waals surface area contributed by atoms with Gasteiger partial charge >= 0.3 is 0 Å². The molecule has 1 aliphatic heterocycles. The highest BCUT2D eigenvalue weighted by Crippen LogP contribution is 2.41. The van der Waals surface area contributed by atoms with Crippen molar-refractivity contribution in [2.45, 2.75) is 51.0 Å². The zero-order valence-electron chi connectivity index (χ0n) is 11.5. The lowest BCUT2D eigenvalue weighted by molar-refractivity contribution is 0.366. The van der Waals surface area contributed by atoms with Crippen LogP contribution in [0.15, 0.2) is 12.1 Å². The Morgan fingerprint density at radius 2 is 2.00 bits per heavy atom. The summed E-state index contributed by atoms with van der Waals surface area (Å²) in [5.41, 5.74) is 4.68. The maximum Gasteiger partial charge on any atom is 0.124 e. The van der Waals surface area contributed by atoms with Crippen molar-refractivity contribution in [3.05, 3.63) is 28.8 Å². The number of ether oxygens (including phenoxy) is 1. The van der Waals surface area contributed by atoms with Gasteiger partial charge in [0.05, 0.1) is 7.11 Å². The van der Waals surface area contributed by atoms with Crippen molar-refractivity contribution in [1.82, 2.24) is 5.32 Å². The molecule has 0 radical (unpaired) electrons. The van der Waals surface area contributed by atoms with Crippen LogP contribution in [0.3, 0.4) is 0 Å². The van der Waals surface area contributed by atoms with Crippen molar-refractivity contribution in [1.29, 1.82) is 0 Å². The Morgan fingerprint density at radius 1 is 1.17 bits per heavy atom. The molecule has 1 heterocycles. The van der Waals surface area contributed by atoms with Crippen LogP contribution < -0.4 is 10.1 Å². The summed E-state index contributed by atoms with van der Waals surface area (Å²) in [6.07, 6.45) is 7.61. The van der Waals surface area contributed by atoms with E-state index in [0.29, 0.717) is 0 Å². The highest BCUT2D eigenvalue weighted by molar-refractivity contribution is 5.50. The van der Waals surface area contributed by atoms with Gasteiger partial charge < -0.3 is 10.1 Å². The average Bonchev–Trinajstić information content (AvgIpc) is 2.85. The van der Waals surface area contributed by atoms with Crippen molar-refractivity contribution < 1.29 is 4.74 Å². The number of methoxy groups -OCH3 is 1. The van der Waals surface area contributed by atoms with Crippen LogP contribution in [0.1, 0.15) is 49.3 Å². The molecular formula is C16H23NO. The molecule has 2 aliphatic rings. The topological polar surface area (TPSA) is 21.3 Å². The van der Waals surface area contributed by atoms with E-state index in [1.54, 1.807) is 18.2 Å². The van der Waals surface area contributed by atoms with Crippen LogP contribution in [-0.2, 0) is 18.4 Å². The maximum atomic E-state index is 5.65. The van der Waals surface area contributed by atoms with Gasteiger partial charge in [0.25, 0.3) is 0 Å². The van der Waals surface area contributed by atoms with Crippen molar-refractivity contribution in [3.63, 3.8) is 0 Å². The molecule has 2 nitrogen and oxygen atoms in total. The minimum absolute atomic E-state index is 0.119. The highest BCUT2D eigenvalue weighted by atomic mass is 16.5. The molecular weight excluding hydrogens is 222 g/mol. The molecule has 1 N–H and O–H groups in total. The van der Waals surface area contributed by atoms with Crippen molar-refractivity contribution >= 4 is 0 Å². The Bertz CT molecular complexity index is 447. The van der Waals surface area contributed by atoms with Gasteiger partial charge in [0.1, 0.15) is 5.75 Å². The zero-order valence-corrected chi connectivity index (χ0v) is 11.5. The molecule has 18 heavy (non-hydrogen) atoms. The Morgan fingerprint density at radius 3 is 2.72 bits per heavy atom. The van der Waals surface area contributed by atoms with Crippen LogP contribution >= 0.6 is 0 Å². The third kappa shape index (κ3) is 1.83. The van der Waals surface area contributed by atoms with Crippen LogP contribution in [0, 0.1) is 0 Å². The molecule has 1 aromatic carbocycles. The lowest BCUT2D eigenvalue weighted by Gasteiger charge is -2.32. The van der Waals surface area contributed by atoms with Gasteiger partial charge in [-0.2, -0.15) is 0 Å². The van der Waals surface area contributed by atoms with E-state index in [0.717, 1.165) is 12.3 Å². The summed E-state index contributed by atoms with van der Waals surface area (Å²) in [7, 11) is 1.80. The predicted molar refractivity (Wildman–Crippen MR) is 74.2 cm³/mol. The lowest BCUT2D eigenvalue weighted by Crippen LogP contribution is -2.35. The number of fused-ring (bicyclic) bond motifs is 1. The molecule has 0 saturated carbocycles. The van der Waals surface area contributed by atoms with E-state index < -0.39 is 0 Å². The van der Waals surface area contributed by atoms with E-state index >= 15 is 0 Å². The molecule has 1 atom stereocenters. The van der Waals surface area contributed by atoms with Gasteiger partial charge in [-0.05, 0) is 69.2 Å². The fraction of sp³-hybridized carbons (Fsp3) is 0.625. The number of benzene rings is 1. The monoisotopic (exact) mass is 245 g/mol. The van der Waals surface area contributed by atoms with E-state index in [9.17, 15) is 0 Å². The van der Waals surface area contributed by atoms with Crippen LogP contribution in [0.25, 0.3) is 0 Å². The van der Waals surface area contributed by atoms with E-state index in [-0.39, 0.29) is 5.54 Å². The maximum absolute atomic E-state index is 5.65. The fourth-order valence-electron chi connectivity index (χ4n) is 3.69. The minimum Gasteiger partial charge on any atom is -0.496 e. The number of aryl methyl sites for hydroxylation is 1. The quantitative estimate of drug-likeness (QED) is 0.864. The van der Waals surface area contributed by atoms with Crippen LogP contribution in [0.5, 0.6) is 5.75 Å². The summed E-state index contributed by atoms with van der Waals surface area (Å²) in [4.78, 5) is 0. The molecule has 1 saturated heterocycles. The Kier molecular flexibility index (Phi) is 3.06. The zero-order chi connectivity index (χ0) is 12.6. The van der Waals surface area contributed by atoms with Gasteiger partial charge in [-0.3, -0.25) is 0 Å². The molecule has 98 valence electrons. The largest absolute Gasteiger partial charge is 0.496 e. The minimum atomic E-state index is 0.119. The van der Waals surface area contributed by atoms with Crippen LogP contribution in [-0.4, -0.2) is 13.7 Å². The molecule has 0 aromatic heterocycles. The summed E-state index contributed by atoms with van der Waals surface area (Å²) in [5.74, 6) is 1.08. The van der Waals surface area contributed by atoms with Gasteiger partial charge in [-0.15, -0.1) is 0 Å². The van der Waals surface area contributed by atoms with Gasteiger partial charge in [-0.1, -0.05) is 6.07 Å². The first-order valence-electron chi connectivity index (χ1n) is 7.19. The Hall–Kier alpha value is -1.02. The van der Waals surface area contributed by atoms with Gasteiger partial charge in [0.2, 0.25) is 0 Å². The average molecular weight is 245 g/mol. The molecule has 0 bridgehead atoms. The van der Waals surface area contributed by atoms with E-state index in [1.807, 2.05) is 0 Å². The second kappa shape index (κ2) is 4.58. The van der Waals surface area contributed by atoms with E-state index in [2.05, 4.69) is 24.4 Å². The van der Waals surface area contributed by atoms with Crippen LogP contribution in [0.4, 0.5) is 0 Å². The molecule has 2 heteroatoms. The van der Waals surface area contributed by atoms with Crippen molar-refractivity contribution in [2.75, 3.05) is 13.7 Å². The Labute approximate surface area is 110 Å². The molecule has 1 aromatic rings. The summed E-state index contributed by atoms with van der Waals surface area (Å²) in [6.45, 7) is 3.47. The standard InChI is InChI=1S/C16H23NO/c1-16(10-5-11-17-16)15-13-7-4-3-6-12(13)8-9-14(15)18-2/h8-9,17H,3-7,10-11H2,1-2H3. The molecule has 3 rings (SSSR count). The number of hydrogen-bond acceptors (Lipinski definition) is 2. The second-order valence-electron chi connectivity index (χ2n) is 5.85. The summed E-state index contributed by atoms with van der Waals surface area (Å²) >= 11 is 0. The summed E-state index contributed by atoms with van der Waals surface area (Å²) in [6, 6.07) is 4.44. The normalized spacial score (nSPS) is 27.0. The molecule has 0 amide bonds. The smallest absolute Gasteiger partial charge is 0.124 e. The number of nitrogens with one attached hydrogen (secondary N) is 1. The molecule has 1 fully saturated rings. The first-order valence-corrected chi connectivity index (χ1v) is 7.19. The van der Waals surface area contributed by atoms with Crippen LogP contribution in [0.2, 0.25) is 0 Å². The lowest BCUT2D eigenvalue weighted by atomic mass is 9.79.